The number of hydrazone groups is 2. The number of carbonyl (C=O) groups is 2. The second-order valence-electron chi connectivity index (χ2n) is 5.46. The van der Waals surface area contributed by atoms with Crippen LogP contribution in [-0.4, -0.2) is 46.7 Å². The minimum absolute atomic E-state index is 0.546. The van der Waals surface area contributed by atoms with E-state index in [4.69, 9.17) is 23.2 Å². The van der Waals surface area contributed by atoms with Gasteiger partial charge in [-0.05, 0) is 35.4 Å². The second-order valence-corrected chi connectivity index (χ2v) is 6.33. The fourth-order valence-electron chi connectivity index (χ4n) is 1.86. The molecule has 2 rings (SSSR count). The Morgan fingerprint density at radius 2 is 1.07 bits per heavy atom. The van der Waals surface area contributed by atoms with Crippen molar-refractivity contribution in [1.29, 1.82) is 0 Å². The summed E-state index contributed by atoms with van der Waals surface area (Å²) in [5, 5.41) is 27.9. The van der Waals surface area contributed by atoms with E-state index in [9.17, 15) is 19.8 Å². The van der Waals surface area contributed by atoms with Crippen LogP contribution in [0.15, 0.2) is 58.7 Å². The molecular weight excluding hydrogens is 407 g/mol. The zero-order chi connectivity index (χ0) is 20.5. The zero-order valence-corrected chi connectivity index (χ0v) is 15.8. The Bertz CT molecular complexity index is 797. The molecule has 2 aromatic carbocycles. The van der Waals surface area contributed by atoms with Crippen LogP contribution in [-0.2, 0) is 9.59 Å². The highest BCUT2D eigenvalue weighted by molar-refractivity contribution is 6.30. The minimum Gasteiger partial charge on any atom is -0.380 e. The molecule has 28 heavy (non-hydrogen) atoms. The van der Waals surface area contributed by atoms with E-state index in [1.54, 1.807) is 48.5 Å². The quantitative estimate of drug-likeness (QED) is 0.396. The van der Waals surface area contributed by atoms with Crippen LogP contribution in [0.1, 0.15) is 11.1 Å². The number of halogens is 2. The van der Waals surface area contributed by atoms with Gasteiger partial charge in [-0.25, -0.2) is 10.9 Å². The van der Waals surface area contributed by atoms with Crippen molar-refractivity contribution in [1.82, 2.24) is 10.9 Å². The van der Waals surface area contributed by atoms with Crippen LogP contribution in [0.3, 0.4) is 0 Å². The lowest BCUT2D eigenvalue weighted by atomic mass is 10.2. The van der Waals surface area contributed by atoms with Crippen LogP contribution in [0.2, 0.25) is 10.0 Å². The third-order valence-corrected chi connectivity index (χ3v) is 3.86. The Morgan fingerprint density at radius 3 is 1.39 bits per heavy atom. The number of rotatable bonds is 7. The van der Waals surface area contributed by atoms with Crippen molar-refractivity contribution in [3.63, 3.8) is 0 Å². The Morgan fingerprint density at radius 1 is 0.750 bits per heavy atom. The van der Waals surface area contributed by atoms with Gasteiger partial charge in [0.2, 0.25) is 0 Å². The molecule has 10 heteroatoms. The topological polar surface area (TPSA) is 123 Å². The highest BCUT2D eigenvalue weighted by Gasteiger charge is 2.30. The Hall–Kier alpha value is -2.78. The monoisotopic (exact) mass is 422 g/mol. The number of aliphatic hydroxyl groups is 2. The maximum absolute atomic E-state index is 11.8. The molecule has 0 aliphatic carbocycles. The van der Waals surface area contributed by atoms with E-state index >= 15 is 0 Å². The number of carbonyl (C=O) groups excluding carboxylic acids is 2. The summed E-state index contributed by atoms with van der Waals surface area (Å²) in [5.74, 6) is -2.12. The predicted octanol–water partition coefficient (Wildman–Crippen LogP) is 1.32. The largest absolute Gasteiger partial charge is 0.380 e. The van der Waals surface area contributed by atoms with Gasteiger partial charge < -0.3 is 10.2 Å². The molecule has 0 saturated heterocycles. The molecule has 0 aromatic heterocycles. The summed E-state index contributed by atoms with van der Waals surface area (Å²) in [6.07, 6.45) is -1.45. The van der Waals surface area contributed by atoms with Crippen molar-refractivity contribution in [2.24, 2.45) is 10.2 Å². The highest BCUT2D eigenvalue weighted by Crippen LogP contribution is 2.08. The summed E-state index contributed by atoms with van der Waals surface area (Å²) in [4.78, 5) is 23.5. The fraction of sp³-hybridized carbons (Fsp3) is 0.111. The van der Waals surface area contributed by atoms with Crippen LogP contribution in [0, 0.1) is 0 Å². The second kappa shape index (κ2) is 10.5. The Labute approximate surface area is 170 Å². The first kappa shape index (κ1) is 21.5. The van der Waals surface area contributed by atoms with Gasteiger partial charge in [-0.2, -0.15) is 10.2 Å². The molecule has 0 unspecified atom stereocenters. The number of nitrogens with one attached hydrogen (secondary N) is 2. The summed E-state index contributed by atoms with van der Waals surface area (Å²) in [6, 6.07) is 13.2. The number of hydrogen-bond donors (Lipinski definition) is 4. The average Bonchev–Trinajstić information content (AvgIpc) is 2.69. The van der Waals surface area contributed by atoms with Gasteiger partial charge in [0.25, 0.3) is 11.8 Å². The molecule has 8 nitrogen and oxygen atoms in total. The van der Waals surface area contributed by atoms with E-state index in [0.29, 0.717) is 21.2 Å². The summed E-state index contributed by atoms with van der Waals surface area (Å²) in [7, 11) is 0. The minimum atomic E-state index is -2.03. The SMILES string of the molecule is O=C(N/N=C\c1ccc(Cl)cc1)[C@@H](O)[C@@H](O)C(=O)N/N=C\c1ccc(Cl)cc1. The standard InChI is InChI=1S/C18H16Cl2N4O4/c19-13-5-1-11(2-6-13)9-21-23-17(27)15(25)16(26)18(28)24-22-10-12-3-7-14(20)8-4-12/h1-10,15-16,25-26H,(H,23,27)(H,24,28)/b21-9-,22-10-/t15-,16+. The zero-order valence-electron chi connectivity index (χ0n) is 14.3. The number of benzene rings is 2. The molecule has 0 bridgehead atoms. The lowest BCUT2D eigenvalue weighted by molar-refractivity contribution is -0.146. The molecule has 2 atom stereocenters. The highest BCUT2D eigenvalue weighted by atomic mass is 35.5. The number of hydrogen-bond acceptors (Lipinski definition) is 6. The lowest BCUT2D eigenvalue weighted by Crippen LogP contribution is -2.47. The van der Waals surface area contributed by atoms with Gasteiger partial charge in [-0.1, -0.05) is 47.5 Å². The summed E-state index contributed by atoms with van der Waals surface area (Å²) in [5.41, 5.74) is 5.34. The van der Waals surface area contributed by atoms with Crippen molar-refractivity contribution in [3.8, 4) is 0 Å². The van der Waals surface area contributed by atoms with Crippen LogP contribution in [0.25, 0.3) is 0 Å². The van der Waals surface area contributed by atoms with E-state index in [-0.39, 0.29) is 0 Å². The van der Waals surface area contributed by atoms with Gasteiger partial charge >= 0.3 is 0 Å². The van der Waals surface area contributed by atoms with Gasteiger partial charge in [-0.15, -0.1) is 0 Å². The van der Waals surface area contributed by atoms with E-state index < -0.39 is 24.0 Å². The number of amides is 2. The number of aliphatic hydroxyl groups excluding tert-OH is 2. The molecule has 0 heterocycles. The molecular formula is C18H16Cl2N4O4. The lowest BCUT2D eigenvalue weighted by Gasteiger charge is -2.14. The predicted molar refractivity (Wildman–Crippen MR) is 106 cm³/mol. The molecule has 0 fully saturated rings. The Kier molecular flexibility index (Phi) is 8.09. The third kappa shape index (κ3) is 6.75. The average molecular weight is 423 g/mol. The smallest absolute Gasteiger partial charge is 0.272 e. The van der Waals surface area contributed by atoms with Crippen LogP contribution in [0.5, 0.6) is 0 Å². The summed E-state index contributed by atoms with van der Waals surface area (Å²) >= 11 is 11.5. The molecule has 0 saturated carbocycles. The molecule has 146 valence electrons. The van der Waals surface area contributed by atoms with Gasteiger partial charge in [-0.3, -0.25) is 9.59 Å². The first-order valence-corrected chi connectivity index (χ1v) is 8.65. The molecule has 0 radical (unpaired) electrons. The third-order valence-electron chi connectivity index (χ3n) is 3.35. The van der Waals surface area contributed by atoms with Crippen LogP contribution < -0.4 is 10.9 Å². The first-order chi connectivity index (χ1) is 13.4. The first-order valence-electron chi connectivity index (χ1n) is 7.90. The van der Waals surface area contributed by atoms with Crippen molar-refractivity contribution in [2.75, 3.05) is 0 Å². The maximum atomic E-state index is 11.8. The van der Waals surface area contributed by atoms with Crippen LogP contribution >= 0.6 is 23.2 Å². The Balaban J connectivity index is 1.83. The van der Waals surface area contributed by atoms with E-state index in [2.05, 4.69) is 10.2 Å². The van der Waals surface area contributed by atoms with Crippen molar-refractivity contribution in [2.45, 2.75) is 12.2 Å². The molecule has 2 amide bonds. The van der Waals surface area contributed by atoms with Crippen LogP contribution in [0.4, 0.5) is 0 Å². The van der Waals surface area contributed by atoms with E-state index in [0.717, 1.165) is 0 Å². The molecule has 0 aliphatic rings. The summed E-state index contributed by atoms with van der Waals surface area (Å²) in [6.45, 7) is 0. The van der Waals surface area contributed by atoms with Gasteiger partial charge in [0.1, 0.15) is 0 Å². The summed E-state index contributed by atoms with van der Waals surface area (Å²) < 4.78 is 0. The fourth-order valence-corrected chi connectivity index (χ4v) is 2.11. The normalized spacial score (nSPS) is 13.4. The maximum Gasteiger partial charge on any atom is 0.272 e. The molecule has 0 aliphatic heterocycles. The molecule has 4 N–H and O–H groups in total. The van der Waals surface area contributed by atoms with Crippen molar-refractivity contribution < 1.29 is 19.8 Å². The van der Waals surface area contributed by atoms with E-state index in [1.807, 2.05) is 10.9 Å². The molecule has 0 spiro atoms. The van der Waals surface area contributed by atoms with Gasteiger partial charge in [0.15, 0.2) is 12.2 Å². The van der Waals surface area contributed by atoms with Gasteiger partial charge in [0, 0.05) is 10.0 Å². The van der Waals surface area contributed by atoms with Gasteiger partial charge in [0.05, 0.1) is 12.4 Å². The van der Waals surface area contributed by atoms with Crippen molar-refractivity contribution >= 4 is 47.4 Å². The molecule has 2 aromatic rings. The van der Waals surface area contributed by atoms with E-state index in [1.165, 1.54) is 12.4 Å². The number of nitrogens with zero attached hydrogens (tertiary/aromatic N) is 2. The van der Waals surface area contributed by atoms with Crippen molar-refractivity contribution in [3.05, 3.63) is 69.7 Å².